The maximum Gasteiger partial charge on any atom is 0.416 e. The van der Waals surface area contributed by atoms with Gasteiger partial charge in [-0.25, -0.2) is 4.39 Å². The fourth-order valence-corrected chi connectivity index (χ4v) is 2.94. The predicted molar refractivity (Wildman–Crippen MR) is 105 cm³/mol. The van der Waals surface area contributed by atoms with Gasteiger partial charge in [-0.2, -0.15) is 18.3 Å². The number of hydrogen-bond acceptors (Lipinski definition) is 2. The average molecular weight is 408 g/mol. The molecule has 0 aliphatic heterocycles. The number of anilines is 2. The molecule has 0 bridgehead atoms. The van der Waals surface area contributed by atoms with E-state index in [2.05, 4.69) is 15.7 Å². The monoisotopic (exact) mass is 408 g/mol. The molecule has 0 atom stereocenters. The average Bonchev–Trinajstić information content (AvgIpc) is 2.95. The molecule has 146 valence electrons. The molecular formula is C19H16F4N4S. The van der Waals surface area contributed by atoms with E-state index < -0.39 is 17.6 Å². The van der Waals surface area contributed by atoms with Crippen LogP contribution in [0.25, 0.3) is 11.3 Å². The Bertz CT molecular complexity index is 990. The number of rotatable bonds is 3. The molecule has 0 saturated carbocycles. The second-order valence-electron chi connectivity index (χ2n) is 6.15. The highest BCUT2D eigenvalue weighted by atomic mass is 32.1. The summed E-state index contributed by atoms with van der Waals surface area (Å²) in [5.41, 5.74) is 2.14. The SMILES string of the molecule is Cc1ccc(NC(=S)Nc2ccc(C(F)(F)F)cc2)cc1-c1c(F)cnn1C. The Morgan fingerprint density at radius 3 is 2.21 bits per heavy atom. The van der Waals surface area contributed by atoms with Gasteiger partial charge in [-0.3, -0.25) is 4.68 Å². The molecule has 3 aromatic rings. The molecule has 0 spiro atoms. The van der Waals surface area contributed by atoms with Crippen molar-refractivity contribution in [3.63, 3.8) is 0 Å². The molecule has 2 aromatic carbocycles. The Hall–Kier alpha value is -2.94. The van der Waals surface area contributed by atoms with Gasteiger partial charge >= 0.3 is 6.18 Å². The first kappa shape index (κ1) is 19.8. The van der Waals surface area contributed by atoms with Gasteiger partial charge in [0.2, 0.25) is 0 Å². The van der Waals surface area contributed by atoms with Crippen molar-refractivity contribution in [1.82, 2.24) is 9.78 Å². The highest BCUT2D eigenvalue weighted by Gasteiger charge is 2.29. The first-order valence-corrected chi connectivity index (χ1v) is 8.60. The van der Waals surface area contributed by atoms with Crippen LogP contribution < -0.4 is 10.6 Å². The van der Waals surface area contributed by atoms with E-state index in [1.807, 2.05) is 13.0 Å². The van der Waals surface area contributed by atoms with Gasteiger partial charge in [-0.15, -0.1) is 0 Å². The molecule has 0 amide bonds. The van der Waals surface area contributed by atoms with E-state index in [0.29, 0.717) is 22.6 Å². The summed E-state index contributed by atoms with van der Waals surface area (Å²) in [5.74, 6) is -0.437. The maximum absolute atomic E-state index is 14.1. The van der Waals surface area contributed by atoms with Gasteiger partial charge in [-0.1, -0.05) is 6.07 Å². The standard InChI is InChI=1S/C19H16F4N4S/c1-11-3-6-14(9-15(11)17-16(20)10-24-27(17)2)26-18(28)25-13-7-4-12(5-8-13)19(21,22)23/h3-10H,1-2H3,(H2,25,26,28). The van der Waals surface area contributed by atoms with Crippen molar-refractivity contribution in [1.29, 1.82) is 0 Å². The quantitative estimate of drug-likeness (QED) is 0.452. The largest absolute Gasteiger partial charge is 0.416 e. The Morgan fingerprint density at radius 1 is 1.04 bits per heavy atom. The Morgan fingerprint density at radius 2 is 1.64 bits per heavy atom. The molecule has 2 N–H and O–H groups in total. The minimum absolute atomic E-state index is 0.194. The van der Waals surface area contributed by atoms with Crippen LogP contribution in [0, 0.1) is 12.7 Å². The normalized spacial score (nSPS) is 11.4. The van der Waals surface area contributed by atoms with Crippen molar-refractivity contribution in [2.75, 3.05) is 10.6 Å². The minimum Gasteiger partial charge on any atom is -0.332 e. The summed E-state index contributed by atoms with van der Waals surface area (Å²) < 4.78 is 53.4. The van der Waals surface area contributed by atoms with Crippen LogP contribution in [0.1, 0.15) is 11.1 Å². The van der Waals surface area contributed by atoms with Gasteiger partial charge < -0.3 is 10.6 Å². The number of benzene rings is 2. The zero-order valence-electron chi connectivity index (χ0n) is 14.9. The second-order valence-corrected chi connectivity index (χ2v) is 6.56. The van der Waals surface area contributed by atoms with Crippen LogP contribution in [0.2, 0.25) is 0 Å². The number of hydrogen-bond donors (Lipinski definition) is 2. The molecule has 0 unspecified atom stereocenters. The zero-order chi connectivity index (χ0) is 20.5. The molecule has 28 heavy (non-hydrogen) atoms. The zero-order valence-corrected chi connectivity index (χ0v) is 15.7. The van der Waals surface area contributed by atoms with Crippen LogP contribution >= 0.6 is 12.2 Å². The lowest BCUT2D eigenvalue weighted by atomic mass is 10.0. The maximum atomic E-state index is 14.1. The summed E-state index contributed by atoms with van der Waals surface area (Å²) in [6.07, 6.45) is -3.25. The van der Waals surface area contributed by atoms with E-state index in [1.165, 1.54) is 16.8 Å². The molecule has 0 saturated heterocycles. The molecule has 0 fully saturated rings. The lowest BCUT2D eigenvalue weighted by Gasteiger charge is -2.14. The van der Waals surface area contributed by atoms with E-state index in [0.717, 1.165) is 23.9 Å². The van der Waals surface area contributed by atoms with Crippen molar-refractivity contribution in [2.45, 2.75) is 13.1 Å². The summed E-state index contributed by atoms with van der Waals surface area (Å²) in [6.45, 7) is 1.85. The molecule has 1 aromatic heterocycles. The van der Waals surface area contributed by atoms with Crippen LogP contribution in [-0.2, 0) is 13.2 Å². The van der Waals surface area contributed by atoms with Crippen LogP contribution in [0.15, 0.2) is 48.7 Å². The number of alkyl halides is 3. The van der Waals surface area contributed by atoms with Gasteiger partial charge in [-0.05, 0) is 61.1 Å². The molecular weight excluding hydrogens is 392 g/mol. The van der Waals surface area contributed by atoms with Gasteiger partial charge in [0.1, 0.15) is 5.69 Å². The summed E-state index contributed by atoms with van der Waals surface area (Å²) in [6, 6.07) is 9.85. The summed E-state index contributed by atoms with van der Waals surface area (Å²) >= 11 is 5.22. The van der Waals surface area contributed by atoms with E-state index >= 15 is 0 Å². The van der Waals surface area contributed by atoms with Crippen molar-refractivity contribution < 1.29 is 17.6 Å². The third-order valence-corrected chi connectivity index (χ3v) is 4.32. The third-order valence-electron chi connectivity index (χ3n) is 4.11. The highest BCUT2D eigenvalue weighted by Crippen LogP contribution is 2.30. The van der Waals surface area contributed by atoms with Gasteiger partial charge in [0, 0.05) is 24.0 Å². The van der Waals surface area contributed by atoms with Crippen LogP contribution in [0.4, 0.5) is 28.9 Å². The van der Waals surface area contributed by atoms with E-state index in [9.17, 15) is 17.6 Å². The molecule has 0 radical (unpaired) electrons. The van der Waals surface area contributed by atoms with Crippen molar-refractivity contribution in [3.05, 3.63) is 65.6 Å². The van der Waals surface area contributed by atoms with E-state index in [-0.39, 0.29) is 5.11 Å². The van der Waals surface area contributed by atoms with Gasteiger partial charge in [0.15, 0.2) is 10.9 Å². The summed E-state index contributed by atoms with van der Waals surface area (Å²) in [4.78, 5) is 0. The first-order valence-electron chi connectivity index (χ1n) is 8.19. The topological polar surface area (TPSA) is 41.9 Å². The Balaban J connectivity index is 1.75. The highest BCUT2D eigenvalue weighted by molar-refractivity contribution is 7.80. The Labute approximate surface area is 164 Å². The second kappa shape index (κ2) is 7.59. The van der Waals surface area contributed by atoms with Gasteiger partial charge in [0.25, 0.3) is 0 Å². The van der Waals surface area contributed by atoms with Crippen LogP contribution in [0.5, 0.6) is 0 Å². The number of thiocarbonyl (C=S) groups is 1. The van der Waals surface area contributed by atoms with E-state index in [4.69, 9.17) is 12.2 Å². The molecule has 9 heteroatoms. The smallest absolute Gasteiger partial charge is 0.332 e. The van der Waals surface area contributed by atoms with Crippen LogP contribution in [0.3, 0.4) is 0 Å². The third kappa shape index (κ3) is 4.30. The molecule has 4 nitrogen and oxygen atoms in total. The van der Waals surface area contributed by atoms with Crippen molar-refractivity contribution >= 4 is 28.7 Å². The van der Waals surface area contributed by atoms with Crippen molar-refractivity contribution in [3.8, 4) is 11.3 Å². The summed E-state index contributed by atoms with van der Waals surface area (Å²) in [7, 11) is 1.65. The first-order chi connectivity index (χ1) is 13.1. The fraction of sp³-hybridized carbons (Fsp3) is 0.158. The number of nitrogens with one attached hydrogen (secondary N) is 2. The lowest BCUT2D eigenvalue weighted by Crippen LogP contribution is -2.19. The predicted octanol–water partition coefficient (Wildman–Crippen LogP) is 5.36. The Kier molecular flexibility index (Phi) is 5.37. The number of halogens is 4. The number of nitrogens with zero attached hydrogens (tertiary/aromatic N) is 2. The molecule has 0 aliphatic carbocycles. The number of aryl methyl sites for hydroxylation is 2. The van der Waals surface area contributed by atoms with Gasteiger partial charge in [0.05, 0.1) is 11.8 Å². The number of aromatic nitrogens is 2. The summed E-state index contributed by atoms with van der Waals surface area (Å²) in [5, 5.41) is 9.87. The van der Waals surface area contributed by atoms with Crippen LogP contribution in [-0.4, -0.2) is 14.9 Å². The molecule has 1 heterocycles. The molecule has 3 rings (SSSR count). The van der Waals surface area contributed by atoms with E-state index in [1.54, 1.807) is 19.2 Å². The fourth-order valence-electron chi connectivity index (χ4n) is 2.70. The molecule has 0 aliphatic rings. The van der Waals surface area contributed by atoms with Crippen molar-refractivity contribution in [2.24, 2.45) is 7.05 Å². The lowest BCUT2D eigenvalue weighted by molar-refractivity contribution is -0.137. The minimum atomic E-state index is -4.39.